The molecular weight excluding hydrogens is 454 g/mol. The summed E-state index contributed by atoms with van der Waals surface area (Å²) in [5.41, 5.74) is 7.16. The zero-order chi connectivity index (χ0) is 25.5. The highest BCUT2D eigenvalue weighted by Gasteiger charge is 2.35. The summed E-state index contributed by atoms with van der Waals surface area (Å²) in [5.74, 6) is -0.888. The fourth-order valence-electron chi connectivity index (χ4n) is 4.96. The molecule has 2 aliphatic heterocycles. The molecule has 1 saturated heterocycles. The van der Waals surface area contributed by atoms with Crippen molar-refractivity contribution in [1.82, 2.24) is 5.32 Å². The molecule has 2 aliphatic rings. The number of hydrogen-bond donors (Lipinski definition) is 1. The van der Waals surface area contributed by atoms with Crippen LogP contribution in [0.2, 0.25) is 0 Å². The average Bonchev–Trinajstić information content (AvgIpc) is 2.80. The Kier molecular flexibility index (Phi) is 6.69. The maximum Gasteiger partial charge on any atom is 0.270 e. The number of hydrogen-bond acceptors (Lipinski definition) is 4. The number of nitrogens with zero attached hydrogens (tertiary/aromatic N) is 2. The van der Waals surface area contributed by atoms with Crippen LogP contribution in [0.15, 0.2) is 48.0 Å². The highest BCUT2D eigenvalue weighted by molar-refractivity contribution is 7.80. The maximum absolute atomic E-state index is 13.5. The van der Waals surface area contributed by atoms with Gasteiger partial charge in [-0.05, 0) is 105 Å². The smallest absolute Gasteiger partial charge is 0.270 e. The number of carbonyl (C=O) groups excluding carboxylic acids is 2. The van der Waals surface area contributed by atoms with Crippen LogP contribution in [0, 0.1) is 6.92 Å². The summed E-state index contributed by atoms with van der Waals surface area (Å²) in [7, 11) is 0. The van der Waals surface area contributed by atoms with Crippen LogP contribution in [0.3, 0.4) is 0 Å². The van der Waals surface area contributed by atoms with E-state index in [1.807, 2.05) is 31.2 Å². The number of aryl methyl sites for hydroxylation is 2. The lowest BCUT2D eigenvalue weighted by molar-refractivity contribution is -0.122. The average molecular weight is 488 g/mol. The highest BCUT2D eigenvalue weighted by atomic mass is 32.1. The number of rotatable bonds is 5. The minimum Gasteiger partial charge on any atom is -0.362 e. The van der Waals surface area contributed by atoms with E-state index in [1.165, 1.54) is 16.2 Å². The Morgan fingerprint density at radius 2 is 1.74 bits per heavy atom. The van der Waals surface area contributed by atoms with Gasteiger partial charge in [0.1, 0.15) is 5.57 Å². The van der Waals surface area contributed by atoms with Gasteiger partial charge in [-0.2, -0.15) is 0 Å². The molecule has 0 atom stereocenters. The van der Waals surface area contributed by atoms with Crippen LogP contribution >= 0.6 is 12.2 Å². The fourth-order valence-corrected chi connectivity index (χ4v) is 5.24. The van der Waals surface area contributed by atoms with Gasteiger partial charge in [-0.3, -0.25) is 19.8 Å². The topological polar surface area (TPSA) is 52.7 Å². The molecule has 182 valence electrons. The number of thiocarbonyl (C=S) groups is 1. The number of anilines is 2. The van der Waals surface area contributed by atoms with Crippen LogP contribution in [-0.4, -0.2) is 29.0 Å². The number of nitrogens with one attached hydrogen (secondary N) is 1. The van der Waals surface area contributed by atoms with Gasteiger partial charge in [0.05, 0.1) is 11.2 Å². The molecule has 0 spiro atoms. The van der Waals surface area contributed by atoms with Gasteiger partial charge in [0.2, 0.25) is 0 Å². The molecule has 0 saturated carbocycles. The van der Waals surface area contributed by atoms with Crippen LogP contribution in [0.25, 0.3) is 11.6 Å². The van der Waals surface area contributed by atoms with Crippen molar-refractivity contribution in [3.05, 3.63) is 70.3 Å². The van der Waals surface area contributed by atoms with E-state index in [-0.39, 0.29) is 16.2 Å². The van der Waals surface area contributed by atoms with E-state index < -0.39 is 11.8 Å². The lowest BCUT2D eigenvalue weighted by atomic mass is 9.86. The third-order valence-corrected chi connectivity index (χ3v) is 7.10. The molecule has 35 heavy (non-hydrogen) atoms. The quantitative estimate of drug-likeness (QED) is 0.329. The molecule has 0 aromatic heterocycles. The molecule has 6 heteroatoms. The third kappa shape index (κ3) is 4.55. The molecule has 2 amide bonds. The summed E-state index contributed by atoms with van der Waals surface area (Å²) in [5, 5.41) is 2.79. The van der Waals surface area contributed by atoms with Gasteiger partial charge in [-0.15, -0.1) is 0 Å². The SMILES string of the molecule is CCCN1c2cc(C)c(/C=C3/C(=O)NC(=S)N(c4ccc(CC)cc4)C3=O)cc2C(C)=CC1(C)C. The standard InChI is InChI=1S/C29H33N3O2S/c1-7-13-31-25-14-18(3)21(15-23(25)19(4)17-29(31,5)6)16-24-26(33)30-28(35)32(27(24)34)22-11-9-20(8-2)10-12-22/h9-12,14-17H,7-8,13H2,1-6H3,(H,30,33,35)/b24-16-. The first-order chi connectivity index (χ1) is 16.6. The molecule has 0 bridgehead atoms. The molecule has 0 unspecified atom stereocenters. The summed E-state index contributed by atoms with van der Waals surface area (Å²) < 4.78 is 0. The molecule has 4 rings (SSSR count). The number of benzene rings is 2. The summed E-state index contributed by atoms with van der Waals surface area (Å²) in [6.07, 6.45) is 5.93. The summed E-state index contributed by atoms with van der Waals surface area (Å²) in [6.45, 7) is 13.8. The van der Waals surface area contributed by atoms with E-state index in [9.17, 15) is 9.59 Å². The maximum atomic E-state index is 13.5. The Balaban J connectivity index is 1.77. The van der Waals surface area contributed by atoms with E-state index in [4.69, 9.17) is 12.2 Å². The Morgan fingerprint density at radius 3 is 2.37 bits per heavy atom. The molecular formula is C29H33N3O2S. The highest BCUT2D eigenvalue weighted by Crippen LogP contribution is 2.41. The second kappa shape index (κ2) is 9.42. The molecule has 2 aromatic carbocycles. The van der Waals surface area contributed by atoms with Crippen LogP contribution in [0.5, 0.6) is 0 Å². The van der Waals surface area contributed by atoms with Gasteiger partial charge in [0, 0.05) is 17.8 Å². The first-order valence-corrected chi connectivity index (χ1v) is 12.6. The Labute approximate surface area is 213 Å². The minimum atomic E-state index is -0.473. The van der Waals surface area contributed by atoms with E-state index in [1.54, 1.807) is 6.08 Å². The first-order valence-electron chi connectivity index (χ1n) is 12.2. The van der Waals surface area contributed by atoms with Gasteiger partial charge in [-0.25, -0.2) is 0 Å². The monoisotopic (exact) mass is 487 g/mol. The second-order valence-corrected chi connectivity index (χ2v) is 10.2. The Bertz CT molecular complexity index is 1270. The van der Waals surface area contributed by atoms with Crippen molar-refractivity contribution >= 4 is 52.2 Å². The molecule has 0 aliphatic carbocycles. The number of amides is 2. The van der Waals surface area contributed by atoms with Crippen molar-refractivity contribution in [3.63, 3.8) is 0 Å². The third-order valence-electron chi connectivity index (χ3n) is 6.82. The minimum absolute atomic E-state index is 0.0735. The normalized spacial score (nSPS) is 18.5. The van der Waals surface area contributed by atoms with Crippen molar-refractivity contribution < 1.29 is 9.59 Å². The van der Waals surface area contributed by atoms with E-state index in [0.717, 1.165) is 41.6 Å². The molecule has 1 fully saturated rings. The Hall–Kier alpha value is -3.25. The van der Waals surface area contributed by atoms with E-state index in [2.05, 4.69) is 63.0 Å². The molecule has 2 heterocycles. The largest absolute Gasteiger partial charge is 0.362 e. The van der Waals surface area contributed by atoms with Crippen molar-refractivity contribution in [1.29, 1.82) is 0 Å². The lowest BCUT2D eigenvalue weighted by Crippen LogP contribution is -2.54. The molecule has 5 nitrogen and oxygen atoms in total. The van der Waals surface area contributed by atoms with Crippen LogP contribution in [-0.2, 0) is 16.0 Å². The van der Waals surface area contributed by atoms with Gasteiger partial charge in [-0.1, -0.05) is 32.1 Å². The predicted octanol–water partition coefficient (Wildman–Crippen LogP) is 5.80. The van der Waals surface area contributed by atoms with Gasteiger partial charge in [0.15, 0.2) is 5.11 Å². The molecule has 1 N–H and O–H groups in total. The van der Waals surface area contributed by atoms with Gasteiger partial charge in [0.25, 0.3) is 11.8 Å². The van der Waals surface area contributed by atoms with Crippen molar-refractivity contribution in [2.75, 3.05) is 16.3 Å². The van der Waals surface area contributed by atoms with E-state index >= 15 is 0 Å². The fraction of sp³-hybridized carbons (Fsp3) is 0.345. The van der Waals surface area contributed by atoms with Crippen molar-refractivity contribution in [2.24, 2.45) is 0 Å². The number of allylic oxidation sites excluding steroid dienone is 1. The summed E-state index contributed by atoms with van der Waals surface area (Å²) >= 11 is 5.36. The second-order valence-electron chi connectivity index (χ2n) is 9.84. The summed E-state index contributed by atoms with van der Waals surface area (Å²) in [6, 6.07) is 11.9. The van der Waals surface area contributed by atoms with Gasteiger partial charge >= 0.3 is 0 Å². The predicted molar refractivity (Wildman–Crippen MR) is 149 cm³/mol. The van der Waals surface area contributed by atoms with Crippen molar-refractivity contribution in [2.45, 2.75) is 59.9 Å². The van der Waals surface area contributed by atoms with Crippen LogP contribution in [0.4, 0.5) is 11.4 Å². The number of fused-ring (bicyclic) bond motifs is 1. The Morgan fingerprint density at radius 1 is 1.06 bits per heavy atom. The lowest BCUT2D eigenvalue weighted by Gasteiger charge is -2.43. The van der Waals surface area contributed by atoms with Crippen molar-refractivity contribution in [3.8, 4) is 0 Å². The number of carbonyl (C=O) groups is 2. The molecule has 0 radical (unpaired) electrons. The zero-order valence-electron chi connectivity index (χ0n) is 21.4. The van der Waals surface area contributed by atoms with Gasteiger partial charge < -0.3 is 4.90 Å². The zero-order valence-corrected chi connectivity index (χ0v) is 22.2. The summed E-state index contributed by atoms with van der Waals surface area (Å²) in [4.78, 5) is 30.2. The molecule has 2 aromatic rings. The first kappa shape index (κ1) is 24.9. The van der Waals surface area contributed by atoms with E-state index in [0.29, 0.717) is 5.69 Å². The van der Waals surface area contributed by atoms with Crippen LogP contribution < -0.4 is 15.1 Å². The van der Waals surface area contributed by atoms with Crippen LogP contribution in [0.1, 0.15) is 63.3 Å².